The summed E-state index contributed by atoms with van der Waals surface area (Å²) in [6.45, 7) is 0. The quantitative estimate of drug-likeness (QED) is 0.625. The van der Waals surface area contributed by atoms with Gasteiger partial charge in [0.05, 0.1) is 0 Å². The summed E-state index contributed by atoms with van der Waals surface area (Å²) in [5, 5.41) is 0. The van der Waals surface area contributed by atoms with Crippen molar-refractivity contribution in [2.24, 2.45) is 0 Å². The first-order valence-electron chi connectivity index (χ1n) is 0.500. The fourth-order valence-electron chi connectivity index (χ4n) is 0. The molecule has 0 spiro atoms. The summed E-state index contributed by atoms with van der Waals surface area (Å²) in [6.07, 6.45) is 0. The van der Waals surface area contributed by atoms with Crippen LogP contribution in [0.15, 0.2) is 0 Å². The topological polar surface area (TPSA) is 0 Å². The average Bonchev–Trinajstić information content (AvgIpc) is 1.46. The molecule has 30 valence electrons. The van der Waals surface area contributed by atoms with Gasteiger partial charge in [0, 0.05) is 0 Å². The standard InChI is InChI=1S/2Mo.3S. The van der Waals surface area contributed by atoms with Gasteiger partial charge in [0.2, 0.25) is 0 Å². The van der Waals surface area contributed by atoms with E-state index < -0.39 is 0 Å². The summed E-state index contributed by atoms with van der Waals surface area (Å²) in [7, 11) is 12.8. The van der Waals surface area contributed by atoms with Crippen molar-refractivity contribution in [3.05, 3.63) is 0 Å². The van der Waals surface area contributed by atoms with E-state index in [2.05, 4.69) is 29.5 Å². The van der Waals surface area contributed by atoms with Crippen molar-refractivity contribution < 1.29 is 32.9 Å². The van der Waals surface area contributed by atoms with E-state index in [0.717, 1.165) is 0 Å². The Morgan fingerprint density at radius 3 is 1.20 bits per heavy atom. The number of hydrogen-bond acceptors (Lipinski definition) is 3. The zero-order valence-corrected chi connectivity index (χ0v) is 8.50. The SMILES string of the molecule is [S]=[Mo].[S]=[Mo]=[S]. The van der Waals surface area contributed by atoms with Crippen molar-refractivity contribution >= 4 is 29.5 Å². The molecule has 5 heavy (non-hydrogen) atoms. The maximum absolute atomic E-state index is 4.34. The Bertz CT molecular complexity index is 34.2. The second-order valence-corrected chi connectivity index (χ2v) is 3.62. The van der Waals surface area contributed by atoms with Gasteiger partial charge in [-0.3, -0.25) is 0 Å². The van der Waals surface area contributed by atoms with E-state index in [0.29, 0.717) is 0 Å². The monoisotopic (exact) mass is 292 g/mol. The molecule has 0 aliphatic rings. The average molecular weight is 288 g/mol. The molecular formula is Mo2S3. The van der Waals surface area contributed by atoms with E-state index in [1.54, 1.807) is 0 Å². The molecule has 0 atom stereocenters. The molecule has 0 aliphatic heterocycles. The van der Waals surface area contributed by atoms with Gasteiger partial charge in [-0.25, -0.2) is 0 Å². The Balaban J connectivity index is 0. The van der Waals surface area contributed by atoms with Gasteiger partial charge in [-0.1, -0.05) is 0 Å². The van der Waals surface area contributed by atoms with Gasteiger partial charge in [-0.15, -0.1) is 0 Å². The maximum atomic E-state index is 4.34. The molecule has 0 heterocycles. The minimum absolute atomic E-state index is 0.363. The van der Waals surface area contributed by atoms with E-state index >= 15 is 0 Å². The summed E-state index contributed by atoms with van der Waals surface area (Å²) in [6, 6.07) is 0. The summed E-state index contributed by atoms with van der Waals surface area (Å²) in [5.74, 6) is 0. The second-order valence-electron chi connectivity index (χ2n) is 0.0680. The first-order valence-corrected chi connectivity index (χ1v) is 8.87. The fourth-order valence-corrected chi connectivity index (χ4v) is 0. The normalized spacial score (nSPS) is 3.20. The Labute approximate surface area is 61.5 Å². The zero-order chi connectivity index (χ0) is 4.71. The van der Waals surface area contributed by atoms with E-state index in [-0.39, 0.29) is 14.9 Å². The summed E-state index contributed by atoms with van der Waals surface area (Å²) < 4.78 is 0. The summed E-state index contributed by atoms with van der Waals surface area (Å²) in [5.41, 5.74) is 0. The van der Waals surface area contributed by atoms with Gasteiger partial charge in [0.1, 0.15) is 0 Å². The van der Waals surface area contributed by atoms with Gasteiger partial charge in [-0.2, -0.15) is 0 Å². The predicted molar refractivity (Wildman–Crippen MR) is 22.8 cm³/mol. The van der Waals surface area contributed by atoms with Gasteiger partial charge < -0.3 is 0 Å². The van der Waals surface area contributed by atoms with Crippen molar-refractivity contribution in [2.75, 3.05) is 0 Å². The van der Waals surface area contributed by atoms with Crippen molar-refractivity contribution in [3.63, 3.8) is 0 Å². The Morgan fingerprint density at radius 1 is 1.20 bits per heavy atom. The molecule has 0 aromatic carbocycles. The minimum atomic E-state index is -0.363. The van der Waals surface area contributed by atoms with Crippen LogP contribution in [0.1, 0.15) is 0 Å². The molecule has 0 bridgehead atoms. The molecule has 0 radical (unpaired) electrons. The van der Waals surface area contributed by atoms with Crippen LogP contribution in [0.4, 0.5) is 0 Å². The van der Waals surface area contributed by atoms with Crippen molar-refractivity contribution in [3.8, 4) is 0 Å². The molecule has 0 amide bonds. The Morgan fingerprint density at radius 2 is 1.20 bits per heavy atom. The van der Waals surface area contributed by atoms with E-state index in [1.165, 1.54) is 18.0 Å². The van der Waals surface area contributed by atoms with Gasteiger partial charge in [-0.05, 0) is 0 Å². The summed E-state index contributed by atoms with van der Waals surface area (Å²) in [4.78, 5) is 0. The van der Waals surface area contributed by atoms with Crippen LogP contribution in [0.2, 0.25) is 0 Å². The van der Waals surface area contributed by atoms with E-state index in [9.17, 15) is 0 Å². The Hall–Kier alpha value is 2.04. The molecule has 0 saturated heterocycles. The molecule has 0 N–H and O–H groups in total. The molecule has 0 unspecified atom stereocenters. The van der Waals surface area contributed by atoms with Gasteiger partial charge in [0.15, 0.2) is 0 Å². The van der Waals surface area contributed by atoms with Gasteiger partial charge in [0.25, 0.3) is 0 Å². The van der Waals surface area contributed by atoms with Crippen molar-refractivity contribution in [2.45, 2.75) is 0 Å². The predicted octanol–water partition coefficient (Wildman–Crippen LogP) is 1.94. The van der Waals surface area contributed by atoms with Crippen LogP contribution in [0, 0.1) is 0 Å². The third-order valence-electron chi connectivity index (χ3n) is 0. The molecule has 0 fully saturated rings. The second kappa shape index (κ2) is 16.6. The van der Waals surface area contributed by atoms with Crippen LogP contribution in [0.25, 0.3) is 0 Å². The van der Waals surface area contributed by atoms with Crippen LogP contribution < -0.4 is 0 Å². The molecule has 0 aromatic heterocycles. The van der Waals surface area contributed by atoms with Crippen LogP contribution in [-0.4, -0.2) is 0 Å². The van der Waals surface area contributed by atoms with Crippen LogP contribution >= 0.6 is 29.5 Å². The number of rotatable bonds is 0. The number of hydrogen-bond donors (Lipinski definition) is 0. The summed E-state index contributed by atoms with van der Waals surface area (Å²) >= 11 is 1.17. The van der Waals surface area contributed by atoms with Crippen LogP contribution in [-0.2, 0) is 32.9 Å². The van der Waals surface area contributed by atoms with Crippen molar-refractivity contribution in [1.82, 2.24) is 0 Å². The molecule has 5 heteroatoms. The third-order valence-corrected chi connectivity index (χ3v) is 0. The molecule has 0 nitrogen and oxygen atoms in total. The molecule has 0 aliphatic carbocycles. The van der Waals surface area contributed by atoms with Crippen molar-refractivity contribution in [1.29, 1.82) is 0 Å². The van der Waals surface area contributed by atoms with E-state index in [4.69, 9.17) is 0 Å². The first-order chi connectivity index (χ1) is 2.41. The van der Waals surface area contributed by atoms with E-state index in [1.807, 2.05) is 0 Å². The van der Waals surface area contributed by atoms with Crippen LogP contribution in [0.5, 0.6) is 0 Å². The molecular weight excluding hydrogens is 288 g/mol. The Kier molecular flexibility index (Phi) is 33.6. The first kappa shape index (κ1) is 10.1. The zero-order valence-electron chi connectivity index (χ0n) is 2.04. The molecule has 0 rings (SSSR count). The third kappa shape index (κ3) is 23.7. The molecule has 0 saturated carbocycles. The van der Waals surface area contributed by atoms with Crippen LogP contribution in [0.3, 0.4) is 0 Å². The fraction of sp³-hybridized carbons (Fsp3) is 0. The molecule has 0 aromatic rings. The van der Waals surface area contributed by atoms with Gasteiger partial charge >= 0.3 is 62.4 Å².